The minimum absolute atomic E-state index is 0.329. The Kier molecular flexibility index (Phi) is 4.58. The van der Waals surface area contributed by atoms with Gasteiger partial charge in [0.2, 0.25) is 0 Å². The molecule has 0 aromatic heterocycles. The number of nitrogens with two attached hydrogens (primary N) is 1. The maximum atomic E-state index is 6.34. The molecule has 0 aliphatic heterocycles. The third kappa shape index (κ3) is 3.73. The SMILES string of the molecule is CC(C)(C)C1CCC(N)C(Cc2ccccc2Cl)C1. The fourth-order valence-electron chi connectivity index (χ4n) is 3.26. The third-order valence-electron chi connectivity index (χ3n) is 4.71. The van der Waals surface area contributed by atoms with Crippen molar-refractivity contribution in [3.05, 3.63) is 34.9 Å². The van der Waals surface area contributed by atoms with E-state index in [4.69, 9.17) is 17.3 Å². The van der Waals surface area contributed by atoms with E-state index >= 15 is 0 Å². The zero-order chi connectivity index (χ0) is 14.0. The summed E-state index contributed by atoms with van der Waals surface area (Å²) in [5, 5.41) is 0.882. The predicted molar refractivity (Wildman–Crippen MR) is 83.4 cm³/mol. The van der Waals surface area contributed by atoms with Crippen LogP contribution < -0.4 is 5.73 Å². The number of halogens is 1. The van der Waals surface area contributed by atoms with Crippen LogP contribution in [0, 0.1) is 17.3 Å². The van der Waals surface area contributed by atoms with Gasteiger partial charge in [-0.3, -0.25) is 0 Å². The van der Waals surface area contributed by atoms with Gasteiger partial charge in [0.15, 0.2) is 0 Å². The van der Waals surface area contributed by atoms with Crippen molar-refractivity contribution in [2.24, 2.45) is 23.0 Å². The van der Waals surface area contributed by atoms with Gasteiger partial charge in [0.1, 0.15) is 0 Å². The molecule has 2 heteroatoms. The molecule has 2 N–H and O–H groups in total. The van der Waals surface area contributed by atoms with Crippen LogP contribution in [-0.4, -0.2) is 6.04 Å². The Morgan fingerprint density at radius 1 is 1.21 bits per heavy atom. The predicted octanol–water partition coefficient (Wildman–Crippen LogP) is 4.67. The third-order valence-corrected chi connectivity index (χ3v) is 5.07. The molecule has 106 valence electrons. The van der Waals surface area contributed by atoms with Gasteiger partial charge < -0.3 is 5.73 Å². The molecule has 0 bridgehead atoms. The van der Waals surface area contributed by atoms with Crippen molar-refractivity contribution in [3.63, 3.8) is 0 Å². The molecular formula is C17H26ClN. The molecule has 3 atom stereocenters. The van der Waals surface area contributed by atoms with E-state index in [1.54, 1.807) is 0 Å². The Labute approximate surface area is 122 Å². The molecule has 1 saturated carbocycles. The van der Waals surface area contributed by atoms with Crippen molar-refractivity contribution in [1.29, 1.82) is 0 Å². The highest BCUT2D eigenvalue weighted by molar-refractivity contribution is 6.31. The Hall–Kier alpha value is -0.530. The second-order valence-electron chi connectivity index (χ2n) is 7.10. The Bertz CT molecular complexity index is 422. The van der Waals surface area contributed by atoms with Crippen LogP contribution in [0.3, 0.4) is 0 Å². The van der Waals surface area contributed by atoms with Crippen LogP contribution in [0.2, 0.25) is 5.02 Å². The molecule has 0 heterocycles. The van der Waals surface area contributed by atoms with Crippen LogP contribution in [-0.2, 0) is 6.42 Å². The zero-order valence-corrected chi connectivity index (χ0v) is 13.1. The maximum Gasteiger partial charge on any atom is 0.0438 e. The monoisotopic (exact) mass is 279 g/mol. The van der Waals surface area contributed by atoms with Gasteiger partial charge in [-0.25, -0.2) is 0 Å². The van der Waals surface area contributed by atoms with Gasteiger partial charge in [-0.05, 0) is 54.6 Å². The molecule has 1 aliphatic carbocycles. The normalized spacial score (nSPS) is 28.4. The van der Waals surface area contributed by atoms with Gasteiger partial charge in [-0.15, -0.1) is 0 Å². The van der Waals surface area contributed by atoms with Crippen LogP contribution in [0.4, 0.5) is 0 Å². The molecular weight excluding hydrogens is 254 g/mol. The summed E-state index contributed by atoms with van der Waals surface area (Å²) in [5.74, 6) is 1.35. The van der Waals surface area contributed by atoms with Crippen molar-refractivity contribution in [1.82, 2.24) is 0 Å². The molecule has 0 spiro atoms. The first-order chi connectivity index (χ1) is 8.88. The van der Waals surface area contributed by atoms with Gasteiger partial charge in [-0.2, -0.15) is 0 Å². The molecule has 1 aliphatic rings. The first-order valence-electron chi connectivity index (χ1n) is 7.37. The van der Waals surface area contributed by atoms with Gasteiger partial charge >= 0.3 is 0 Å². The van der Waals surface area contributed by atoms with Crippen molar-refractivity contribution < 1.29 is 0 Å². The van der Waals surface area contributed by atoms with E-state index in [0.29, 0.717) is 17.4 Å². The summed E-state index contributed by atoms with van der Waals surface area (Å²) in [5.41, 5.74) is 7.98. The molecule has 1 aromatic carbocycles. The summed E-state index contributed by atoms with van der Waals surface area (Å²) >= 11 is 6.28. The van der Waals surface area contributed by atoms with Crippen LogP contribution in [0.25, 0.3) is 0 Å². The van der Waals surface area contributed by atoms with Crippen molar-refractivity contribution in [3.8, 4) is 0 Å². The lowest BCUT2D eigenvalue weighted by molar-refractivity contribution is 0.127. The van der Waals surface area contributed by atoms with E-state index in [-0.39, 0.29) is 0 Å². The second kappa shape index (κ2) is 5.85. The lowest BCUT2D eigenvalue weighted by Crippen LogP contribution is -2.40. The molecule has 1 aromatic rings. The van der Waals surface area contributed by atoms with Crippen molar-refractivity contribution in [2.45, 2.75) is 52.5 Å². The van der Waals surface area contributed by atoms with E-state index in [1.165, 1.54) is 18.4 Å². The highest BCUT2D eigenvalue weighted by Crippen LogP contribution is 2.41. The van der Waals surface area contributed by atoms with Crippen LogP contribution >= 0.6 is 11.6 Å². The van der Waals surface area contributed by atoms with Gasteiger partial charge in [0.25, 0.3) is 0 Å². The average Bonchev–Trinajstić information content (AvgIpc) is 2.33. The fraction of sp³-hybridized carbons (Fsp3) is 0.647. The summed E-state index contributed by atoms with van der Waals surface area (Å²) in [6.45, 7) is 7.04. The maximum absolute atomic E-state index is 6.34. The standard InChI is InChI=1S/C17H26ClN/c1-17(2,3)14-8-9-16(19)13(11-14)10-12-6-4-5-7-15(12)18/h4-7,13-14,16H,8-11,19H2,1-3H3. The van der Waals surface area contributed by atoms with Crippen molar-refractivity contribution in [2.75, 3.05) is 0 Å². The topological polar surface area (TPSA) is 26.0 Å². The lowest BCUT2D eigenvalue weighted by Gasteiger charge is -2.41. The fourth-order valence-corrected chi connectivity index (χ4v) is 3.47. The van der Waals surface area contributed by atoms with E-state index in [0.717, 1.165) is 23.8 Å². The average molecular weight is 280 g/mol. The molecule has 0 radical (unpaired) electrons. The number of rotatable bonds is 2. The van der Waals surface area contributed by atoms with Crippen LogP contribution in [0.1, 0.15) is 45.6 Å². The first kappa shape index (κ1) is 14.9. The minimum atomic E-state index is 0.329. The highest BCUT2D eigenvalue weighted by Gasteiger charge is 2.34. The Morgan fingerprint density at radius 2 is 1.89 bits per heavy atom. The summed E-state index contributed by atoms with van der Waals surface area (Å²) in [7, 11) is 0. The lowest BCUT2D eigenvalue weighted by atomic mass is 9.66. The molecule has 19 heavy (non-hydrogen) atoms. The molecule has 3 unspecified atom stereocenters. The molecule has 0 amide bonds. The molecule has 1 nitrogen and oxygen atoms in total. The summed E-state index contributed by atoms with van der Waals surface area (Å²) in [4.78, 5) is 0. The van der Waals surface area contributed by atoms with Gasteiger partial charge in [0.05, 0.1) is 0 Å². The van der Waals surface area contributed by atoms with E-state index < -0.39 is 0 Å². The second-order valence-corrected chi connectivity index (χ2v) is 7.50. The molecule has 0 saturated heterocycles. The number of benzene rings is 1. The van der Waals surface area contributed by atoms with Crippen molar-refractivity contribution >= 4 is 11.6 Å². The smallest absolute Gasteiger partial charge is 0.0438 e. The highest BCUT2D eigenvalue weighted by atomic mass is 35.5. The zero-order valence-electron chi connectivity index (χ0n) is 12.3. The largest absolute Gasteiger partial charge is 0.327 e. The number of hydrogen-bond donors (Lipinski definition) is 1. The van der Waals surface area contributed by atoms with E-state index in [9.17, 15) is 0 Å². The summed E-state index contributed by atoms with van der Waals surface area (Å²) < 4.78 is 0. The molecule has 2 rings (SSSR count). The summed E-state index contributed by atoms with van der Waals surface area (Å²) in [6.07, 6.45) is 4.67. The summed E-state index contributed by atoms with van der Waals surface area (Å²) in [6, 6.07) is 8.50. The van der Waals surface area contributed by atoms with Gasteiger partial charge in [-0.1, -0.05) is 50.6 Å². The van der Waals surface area contributed by atoms with E-state index in [1.807, 2.05) is 12.1 Å². The first-order valence-corrected chi connectivity index (χ1v) is 7.74. The quantitative estimate of drug-likeness (QED) is 0.836. The Balaban J connectivity index is 2.08. The molecule has 1 fully saturated rings. The van der Waals surface area contributed by atoms with E-state index in [2.05, 4.69) is 32.9 Å². The van der Waals surface area contributed by atoms with Gasteiger partial charge in [0, 0.05) is 11.1 Å². The van der Waals surface area contributed by atoms with Crippen LogP contribution in [0.5, 0.6) is 0 Å². The van der Waals surface area contributed by atoms with Crippen LogP contribution in [0.15, 0.2) is 24.3 Å². The minimum Gasteiger partial charge on any atom is -0.327 e. The number of hydrogen-bond acceptors (Lipinski definition) is 1. The Morgan fingerprint density at radius 3 is 2.53 bits per heavy atom.